The van der Waals surface area contributed by atoms with Gasteiger partial charge in [0.05, 0.1) is 31.9 Å². The van der Waals surface area contributed by atoms with Gasteiger partial charge < -0.3 is 19.3 Å². The minimum absolute atomic E-state index is 0.00284. The van der Waals surface area contributed by atoms with Crippen molar-refractivity contribution in [3.05, 3.63) is 88.5 Å². The Morgan fingerprint density at radius 2 is 1.63 bits per heavy atom. The number of ether oxygens (including phenoxy) is 3. The quantitative estimate of drug-likeness (QED) is 0.210. The molecule has 198 valence electrons. The van der Waals surface area contributed by atoms with Gasteiger partial charge in [-0.25, -0.2) is 0 Å². The van der Waals surface area contributed by atoms with Crippen LogP contribution in [0.1, 0.15) is 48.6 Å². The molecule has 1 unspecified atom stereocenters. The number of carbonyl (C=O) groups is 2. The molecule has 0 radical (unpaired) electrons. The van der Waals surface area contributed by atoms with Crippen LogP contribution >= 0.6 is 0 Å². The summed E-state index contributed by atoms with van der Waals surface area (Å²) in [6.45, 7) is 8.80. The number of nitrogens with zero attached hydrogens (tertiary/aromatic N) is 1. The van der Waals surface area contributed by atoms with Crippen molar-refractivity contribution in [1.82, 2.24) is 0 Å². The summed E-state index contributed by atoms with van der Waals surface area (Å²) in [7, 11) is 1.55. The van der Waals surface area contributed by atoms with Gasteiger partial charge in [-0.15, -0.1) is 0 Å². The van der Waals surface area contributed by atoms with Crippen LogP contribution in [0.25, 0.3) is 5.76 Å². The molecule has 0 aliphatic carbocycles. The topological polar surface area (TPSA) is 85.3 Å². The van der Waals surface area contributed by atoms with Crippen LogP contribution in [0.2, 0.25) is 0 Å². The molecular weight excluding hydrogens is 482 g/mol. The summed E-state index contributed by atoms with van der Waals surface area (Å²) in [5, 5.41) is 11.4. The van der Waals surface area contributed by atoms with Gasteiger partial charge in [-0.1, -0.05) is 19.1 Å². The number of carbonyl (C=O) groups excluding carboxylic acids is 2. The minimum Gasteiger partial charge on any atom is -0.507 e. The lowest BCUT2D eigenvalue weighted by Crippen LogP contribution is -2.29. The first-order valence-electron chi connectivity index (χ1n) is 12.7. The molecule has 38 heavy (non-hydrogen) atoms. The fourth-order valence-electron chi connectivity index (χ4n) is 4.51. The summed E-state index contributed by atoms with van der Waals surface area (Å²) in [5.74, 6) is -0.0539. The maximum Gasteiger partial charge on any atom is 0.300 e. The molecule has 7 heteroatoms. The van der Waals surface area contributed by atoms with Gasteiger partial charge in [-0.2, -0.15) is 0 Å². The highest BCUT2D eigenvalue weighted by molar-refractivity contribution is 6.51. The normalized spacial score (nSPS) is 16.6. The summed E-state index contributed by atoms with van der Waals surface area (Å²) in [6.07, 6.45) is 0.870. The fourth-order valence-corrected chi connectivity index (χ4v) is 4.51. The van der Waals surface area contributed by atoms with E-state index in [0.717, 1.165) is 17.5 Å². The molecular formula is C31H33NO6. The largest absolute Gasteiger partial charge is 0.507 e. The molecule has 1 heterocycles. The average molecular weight is 516 g/mol. The lowest BCUT2D eigenvalue weighted by atomic mass is 9.94. The summed E-state index contributed by atoms with van der Waals surface area (Å²) >= 11 is 0. The molecule has 1 saturated heterocycles. The van der Waals surface area contributed by atoms with E-state index in [1.807, 2.05) is 45.9 Å². The van der Waals surface area contributed by atoms with Crippen LogP contribution in [-0.2, 0) is 9.59 Å². The van der Waals surface area contributed by atoms with Gasteiger partial charge >= 0.3 is 0 Å². The molecule has 3 aromatic rings. The number of hydrogen-bond acceptors (Lipinski definition) is 6. The third-order valence-electron chi connectivity index (χ3n) is 6.62. The van der Waals surface area contributed by atoms with Gasteiger partial charge in [0.1, 0.15) is 11.5 Å². The fraction of sp³-hybridized carbons (Fsp3) is 0.290. The van der Waals surface area contributed by atoms with E-state index in [9.17, 15) is 14.7 Å². The lowest BCUT2D eigenvalue weighted by Gasteiger charge is -2.26. The van der Waals surface area contributed by atoms with E-state index in [1.165, 1.54) is 4.90 Å². The van der Waals surface area contributed by atoms with Gasteiger partial charge in [0.25, 0.3) is 11.7 Å². The van der Waals surface area contributed by atoms with Gasteiger partial charge in [-0.05, 0) is 92.4 Å². The molecule has 0 bridgehead atoms. The van der Waals surface area contributed by atoms with Gasteiger partial charge in [0.15, 0.2) is 11.5 Å². The van der Waals surface area contributed by atoms with Crippen molar-refractivity contribution >= 4 is 23.1 Å². The number of ketones is 1. The van der Waals surface area contributed by atoms with E-state index >= 15 is 0 Å². The number of anilines is 1. The minimum atomic E-state index is -0.877. The second-order valence-electron chi connectivity index (χ2n) is 9.15. The third-order valence-corrected chi connectivity index (χ3v) is 6.62. The van der Waals surface area contributed by atoms with Crippen molar-refractivity contribution in [1.29, 1.82) is 0 Å². The number of aliphatic hydroxyl groups is 1. The number of amides is 1. The Kier molecular flexibility index (Phi) is 8.05. The standard InChI is InChI=1S/C31H33NO6/c1-6-16-38-24-13-9-21(10-14-24)29(33)27-28(22-11-15-25(36-5)26(18-22)37-7-2)32(31(35)30(27)34)23-12-8-19(3)20(4)17-23/h8-15,17-18,28,33H,6-7,16H2,1-5H3/b29-27+. The van der Waals surface area contributed by atoms with Crippen molar-refractivity contribution in [2.45, 2.75) is 40.2 Å². The van der Waals surface area contributed by atoms with Crippen molar-refractivity contribution < 1.29 is 28.9 Å². The molecule has 0 aromatic heterocycles. The smallest absolute Gasteiger partial charge is 0.300 e. The summed E-state index contributed by atoms with van der Waals surface area (Å²) in [4.78, 5) is 28.4. The van der Waals surface area contributed by atoms with Gasteiger partial charge in [0, 0.05) is 11.3 Å². The lowest BCUT2D eigenvalue weighted by molar-refractivity contribution is -0.132. The highest BCUT2D eigenvalue weighted by atomic mass is 16.5. The van der Waals surface area contributed by atoms with Crippen LogP contribution in [-0.4, -0.2) is 37.1 Å². The Hall–Kier alpha value is -4.26. The van der Waals surface area contributed by atoms with E-state index in [0.29, 0.717) is 47.3 Å². The van der Waals surface area contributed by atoms with E-state index in [4.69, 9.17) is 14.2 Å². The molecule has 1 amide bonds. The molecule has 1 N–H and O–H groups in total. The van der Waals surface area contributed by atoms with Gasteiger partial charge in [-0.3, -0.25) is 14.5 Å². The Balaban J connectivity index is 1.90. The molecule has 0 spiro atoms. The number of Topliss-reactive ketones (excluding diaryl/α,β-unsaturated/α-hetero) is 1. The highest BCUT2D eigenvalue weighted by Gasteiger charge is 2.47. The molecule has 4 rings (SSSR count). The summed E-state index contributed by atoms with van der Waals surface area (Å²) in [6, 6.07) is 16.8. The summed E-state index contributed by atoms with van der Waals surface area (Å²) in [5.41, 5.74) is 3.64. The van der Waals surface area contributed by atoms with E-state index in [1.54, 1.807) is 49.6 Å². The van der Waals surface area contributed by atoms with Crippen molar-refractivity contribution in [3.63, 3.8) is 0 Å². The molecule has 1 aliphatic rings. The zero-order valence-corrected chi connectivity index (χ0v) is 22.4. The van der Waals surface area contributed by atoms with E-state index in [2.05, 4.69) is 0 Å². The average Bonchev–Trinajstić information content (AvgIpc) is 3.19. The second-order valence-corrected chi connectivity index (χ2v) is 9.15. The number of benzene rings is 3. The molecule has 0 saturated carbocycles. The SMILES string of the molecule is CCCOc1ccc(/C(O)=C2\C(=O)C(=O)N(c3ccc(C)c(C)c3)C2c2ccc(OC)c(OCC)c2)cc1. The number of aliphatic hydroxyl groups excluding tert-OH is 1. The van der Waals surface area contributed by atoms with Crippen LogP contribution in [0.5, 0.6) is 17.2 Å². The van der Waals surface area contributed by atoms with Crippen LogP contribution in [0.15, 0.2) is 66.2 Å². The molecule has 1 aliphatic heterocycles. The van der Waals surface area contributed by atoms with Crippen LogP contribution in [0.3, 0.4) is 0 Å². The van der Waals surface area contributed by atoms with Crippen LogP contribution in [0.4, 0.5) is 5.69 Å². The predicted molar refractivity (Wildman–Crippen MR) is 147 cm³/mol. The van der Waals surface area contributed by atoms with Crippen molar-refractivity contribution in [3.8, 4) is 17.2 Å². The van der Waals surface area contributed by atoms with E-state index in [-0.39, 0.29) is 11.3 Å². The molecule has 1 atom stereocenters. The predicted octanol–water partition coefficient (Wildman–Crippen LogP) is 6.13. The Labute approximate surface area is 223 Å². The number of methoxy groups -OCH3 is 1. The first-order chi connectivity index (χ1) is 18.3. The number of hydrogen-bond donors (Lipinski definition) is 1. The number of aryl methyl sites for hydroxylation is 2. The molecule has 3 aromatic carbocycles. The van der Waals surface area contributed by atoms with Gasteiger partial charge in [0.2, 0.25) is 0 Å². The Bertz CT molecular complexity index is 1380. The zero-order chi connectivity index (χ0) is 27.4. The molecule has 7 nitrogen and oxygen atoms in total. The third kappa shape index (κ3) is 5.09. The summed E-state index contributed by atoms with van der Waals surface area (Å²) < 4.78 is 16.9. The molecule has 1 fully saturated rings. The Morgan fingerprint density at radius 3 is 2.26 bits per heavy atom. The van der Waals surface area contributed by atoms with Crippen molar-refractivity contribution in [2.75, 3.05) is 25.2 Å². The maximum absolute atomic E-state index is 13.5. The monoisotopic (exact) mass is 515 g/mol. The first kappa shape index (κ1) is 26.8. The zero-order valence-electron chi connectivity index (χ0n) is 22.4. The second kappa shape index (κ2) is 11.4. The van der Waals surface area contributed by atoms with E-state index < -0.39 is 17.7 Å². The van der Waals surface area contributed by atoms with Crippen molar-refractivity contribution in [2.24, 2.45) is 0 Å². The number of rotatable bonds is 9. The maximum atomic E-state index is 13.5. The van der Waals surface area contributed by atoms with Crippen LogP contribution in [0, 0.1) is 13.8 Å². The first-order valence-corrected chi connectivity index (χ1v) is 12.7. The van der Waals surface area contributed by atoms with Crippen LogP contribution < -0.4 is 19.1 Å². The highest BCUT2D eigenvalue weighted by Crippen LogP contribution is 2.44. The Morgan fingerprint density at radius 1 is 0.895 bits per heavy atom.